The van der Waals surface area contributed by atoms with E-state index < -0.39 is 0 Å². The molecule has 5 heteroatoms. The smallest absolute Gasteiger partial charge is 0.101 e. The molecular weight excluding hydrogens is 671 g/mol. The van der Waals surface area contributed by atoms with Crippen LogP contribution in [0.15, 0.2) is 176 Å². The van der Waals surface area contributed by atoms with E-state index in [1.165, 1.54) is 10.8 Å². The predicted molar refractivity (Wildman–Crippen MR) is 224 cm³/mol. The Morgan fingerprint density at radius 1 is 0.382 bits per heavy atom. The van der Waals surface area contributed by atoms with Gasteiger partial charge in [0.2, 0.25) is 0 Å². The molecule has 5 nitrogen and oxygen atoms in total. The molecule has 0 N–H and O–H groups in total. The number of rotatable bonds is 4. The van der Waals surface area contributed by atoms with Crippen LogP contribution in [0.2, 0.25) is 0 Å². The van der Waals surface area contributed by atoms with Crippen molar-refractivity contribution in [3.8, 4) is 40.3 Å². The van der Waals surface area contributed by atoms with Crippen LogP contribution in [-0.2, 0) is 0 Å². The second-order valence-electron chi connectivity index (χ2n) is 14.0. The minimum Gasteiger partial charge on any atom is -0.309 e. The molecule has 0 amide bonds. The Kier molecular flexibility index (Phi) is 6.61. The molecule has 0 radical (unpaired) electrons. The first-order chi connectivity index (χ1) is 27.2. The van der Waals surface area contributed by atoms with Crippen molar-refractivity contribution in [1.29, 1.82) is 10.5 Å². The first-order valence-electron chi connectivity index (χ1n) is 18.3. The van der Waals surface area contributed by atoms with Gasteiger partial charge in [0, 0.05) is 43.6 Å². The van der Waals surface area contributed by atoms with Crippen molar-refractivity contribution in [1.82, 2.24) is 13.7 Å². The average Bonchev–Trinajstić information content (AvgIpc) is 3.89. The fourth-order valence-electron chi connectivity index (χ4n) is 8.83. The topological polar surface area (TPSA) is 62.4 Å². The molecule has 3 aromatic heterocycles. The highest BCUT2D eigenvalue weighted by Gasteiger charge is 2.21. The van der Waals surface area contributed by atoms with Crippen LogP contribution in [0.3, 0.4) is 0 Å². The average molecular weight is 700 g/mol. The second-order valence-corrected chi connectivity index (χ2v) is 14.0. The highest BCUT2D eigenvalue weighted by molar-refractivity contribution is 6.17. The Morgan fingerprint density at radius 2 is 0.909 bits per heavy atom. The maximum Gasteiger partial charge on any atom is 0.101 e. The van der Waals surface area contributed by atoms with Crippen LogP contribution in [0.4, 0.5) is 0 Å². The van der Waals surface area contributed by atoms with Crippen molar-refractivity contribution >= 4 is 65.4 Å². The van der Waals surface area contributed by atoms with E-state index in [2.05, 4.69) is 177 Å². The zero-order chi connectivity index (χ0) is 36.6. The van der Waals surface area contributed by atoms with Crippen LogP contribution in [0.1, 0.15) is 11.1 Å². The lowest BCUT2D eigenvalue weighted by molar-refractivity contribution is 1.16. The first kappa shape index (κ1) is 30.7. The summed E-state index contributed by atoms with van der Waals surface area (Å²) in [4.78, 5) is 0. The van der Waals surface area contributed by atoms with E-state index in [1.807, 2.05) is 24.3 Å². The van der Waals surface area contributed by atoms with E-state index in [1.54, 1.807) is 0 Å². The third kappa shape index (κ3) is 4.39. The summed E-state index contributed by atoms with van der Waals surface area (Å²) in [6.07, 6.45) is 0. The van der Waals surface area contributed by atoms with E-state index in [-0.39, 0.29) is 0 Å². The summed E-state index contributed by atoms with van der Waals surface area (Å²) in [5.41, 5.74) is 12.6. The van der Waals surface area contributed by atoms with Gasteiger partial charge in [-0.25, -0.2) is 0 Å². The van der Waals surface area contributed by atoms with Crippen LogP contribution >= 0.6 is 0 Å². The molecule has 3 heterocycles. The summed E-state index contributed by atoms with van der Waals surface area (Å²) in [5.74, 6) is 0. The van der Waals surface area contributed by atoms with E-state index in [0.29, 0.717) is 11.1 Å². The molecule has 0 bridgehead atoms. The van der Waals surface area contributed by atoms with Gasteiger partial charge >= 0.3 is 0 Å². The number of hydrogen-bond acceptors (Lipinski definition) is 2. The first-order valence-corrected chi connectivity index (χ1v) is 18.3. The lowest BCUT2D eigenvalue weighted by Gasteiger charge is -2.16. The van der Waals surface area contributed by atoms with Gasteiger partial charge < -0.3 is 13.7 Å². The maximum absolute atomic E-state index is 10.5. The molecular formula is C50H29N5. The summed E-state index contributed by atoms with van der Waals surface area (Å²) < 4.78 is 6.90. The lowest BCUT2D eigenvalue weighted by Crippen LogP contribution is -2.01. The molecule has 0 aliphatic carbocycles. The Balaban J connectivity index is 1.14. The van der Waals surface area contributed by atoms with Gasteiger partial charge in [0.25, 0.3) is 0 Å². The van der Waals surface area contributed by atoms with E-state index >= 15 is 0 Å². The summed E-state index contributed by atoms with van der Waals surface area (Å²) in [7, 11) is 0. The molecule has 0 atom stereocenters. The Hall–Kier alpha value is -7.86. The van der Waals surface area contributed by atoms with Gasteiger partial charge in [-0.2, -0.15) is 10.5 Å². The molecule has 254 valence electrons. The van der Waals surface area contributed by atoms with Crippen LogP contribution in [-0.4, -0.2) is 13.7 Å². The molecule has 0 unspecified atom stereocenters. The van der Waals surface area contributed by atoms with Gasteiger partial charge in [0.05, 0.1) is 61.7 Å². The van der Waals surface area contributed by atoms with Gasteiger partial charge in [-0.3, -0.25) is 0 Å². The van der Waals surface area contributed by atoms with Crippen LogP contribution < -0.4 is 0 Å². The summed E-state index contributed by atoms with van der Waals surface area (Å²) in [5, 5.41) is 27.3. The molecule has 0 aliphatic rings. The highest BCUT2D eigenvalue weighted by Crippen LogP contribution is 2.42. The number of para-hydroxylation sites is 5. The number of nitrogens with zero attached hydrogens (tertiary/aromatic N) is 5. The van der Waals surface area contributed by atoms with E-state index in [9.17, 15) is 10.5 Å². The second kappa shape index (κ2) is 11.8. The number of fused-ring (bicyclic) bond motifs is 9. The monoisotopic (exact) mass is 699 g/mol. The molecule has 0 spiro atoms. The number of aromatic nitrogens is 3. The van der Waals surface area contributed by atoms with Gasteiger partial charge in [-0.05, 0) is 78.4 Å². The number of hydrogen-bond donors (Lipinski definition) is 0. The van der Waals surface area contributed by atoms with Crippen molar-refractivity contribution in [2.75, 3.05) is 0 Å². The standard InChI is InChI=1S/C50H29N5/c51-30-32-23-28-46-41(29-32)49-47(21-10-22-48(49)54-42-17-5-1-12-37(42)38-13-2-6-18-43(38)54)53(46)35-26-24-33(25-27-35)36-16-9-11-34(31-52)50(36)55-44-19-7-3-14-39(44)40-15-4-8-20-45(40)55/h1-29H. The fourth-order valence-corrected chi connectivity index (χ4v) is 8.83. The fraction of sp³-hybridized carbons (Fsp3) is 0. The lowest BCUT2D eigenvalue weighted by atomic mass is 9.99. The van der Waals surface area contributed by atoms with Crippen molar-refractivity contribution in [2.45, 2.75) is 0 Å². The molecule has 0 aliphatic heterocycles. The van der Waals surface area contributed by atoms with Gasteiger partial charge in [-0.15, -0.1) is 0 Å². The summed E-state index contributed by atoms with van der Waals surface area (Å²) in [6, 6.07) is 65.9. The van der Waals surface area contributed by atoms with Gasteiger partial charge in [-0.1, -0.05) is 103 Å². The zero-order valence-corrected chi connectivity index (χ0v) is 29.5. The van der Waals surface area contributed by atoms with Crippen molar-refractivity contribution in [2.24, 2.45) is 0 Å². The predicted octanol–water partition coefficient (Wildman–Crippen LogP) is 12.4. The molecule has 0 saturated carbocycles. The molecule has 8 aromatic carbocycles. The molecule has 55 heavy (non-hydrogen) atoms. The van der Waals surface area contributed by atoms with E-state index in [0.717, 1.165) is 82.8 Å². The number of benzene rings is 8. The minimum atomic E-state index is 0.612. The third-order valence-electron chi connectivity index (χ3n) is 11.1. The van der Waals surface area contributed by atoms with E-state index in [4.69, 9.17) is 0 Å². The van der Waals surface area contributed by atoms with Crippen LogP contribution in [0.25, 0.3) is 93.6 Å². The molecule has 11 rings (SSSR count). The van der Waals surface area contributed by atoms with Crippen LogP contribution in [0, 0.1) is 22.7 Å². The molecule has 0 saturated heterocycles. The quantitative estimate of drug-likeness (QED) is 0.184. The van der Waals surface area contributed by atoms with Crippen molar-refractivity contribution in [3.05, 3.63) is 187 Å². The van der Waals surface area contributed by atoms with Gasteiger partial charge in [0.1, 0.15) is 6.07 Å². The SMILES string of the molecule is N#Cc1ccc2c(c1)c1c(-n3c4ccccc4c4ccccc43)cccc1n2-c1ccc(-c2cccc(C#N)c2-n2c3ccccc3c3ccccc32)cc1. The highest BCUT2D eigenvalue weighted by atomic mass is 15.0. The Morgan fingerprint density at radius 3 is 1.49 bits per heavy atom. The third-order valence-corrected chi connectivity index (χ3v) is 11.1. The van der Waals surface area contributed by atoms with Crippen LogP contribution in [0.5, 0.6) is 0 Å². The Bertz CT molecular complexity index is 3350. The summed E-state index contributed by atoms with van der Waals surface area (Å²) >= 11 is 0. The maximum atomic E-state index is 10.5. The normalized spacial score (nSPS) is 11.6. The molecule has 11 aromatic rings. The summed E-state index contributed by atoms with van der Waals surface area (Å²) in [6.45, 7) is 0. The molecule has 0 fully saturated rings. The number of nitriles is 2. The zero-order valence-electron chi connectivity index (χ0n) is 29.5. The van der Waals surface area contributed by atoms with Crippen molar-refractivity contribution in [3.63, 3.8) is 0 Å². The minimum absolute atomic E-state index is 0.612. The van der Waals surface area contributed by atoms with Crippen molar-refractivity contribution < 1.29 is 0 Å². The largest absolute Gasteiger partial charge is 0.309 e. The van der Waals surface area contributed by atoms with Gasteiger partial charge in [0.15, 0.2) is 0 Å². The Labute approximate surface area is 316 Å².